The minimum absolute atomic E-state index is 0.0488. The number of hydrogen-bond acceptors (Lipinski definition) is 4. The van der Waals surface area contributed by atoms with Crippen molar-refractivity contribution in [3.63, 3.8) is 0 Å². The molecule has 1 aromatic rings. The molecule has 0 aliphatic carbocycles. The van der Waals surface area contributed by atoms with Gasteiger partial charge in [-0.2, -0.15) is 8.42 Å². The highest BCUT2D eigenvalue weighted by atomic mass is 32.2. The lowest BCUT2D eigenvalue weighted by molar-refractivity contribution is -0.129. The molecule has 0 heterocycles. The van der Waals surface area contributed by atoms with Crippen LogP contribution < -0.4 is 0 Å². The molecule has 5 heteroatoms. The molecule has 0 amide bonds. The Kier molecular flexibility index (Phi) is 3.84. The van der Waals surface area contributed by atoms with E-state index in [9.17, 15) is 13.2 Å². The van der Waals surface area contributed by atoms with Crippen molar-refractivity contribution in [2.75, 3.05) is 0 Å². The zero-order valence-corrected chi connectivity index (χ0v) is 9.66. The Balaban J connectivity index is 2.90. The first-order valence-electron chi connectivity index (χ1n) is 4.69. The predicted molar refractivity (Wildman–Crippen MR) is 59.2 cm³/mol. The molecular formula is C11H12O4S. The van der Waals surface area contributed by atoms with Crippen molar-refractivity contribution in [2.24, 2.45) is 0 Å². The van der Waals surface area contributed by atoms with Crippen LogP contribution in [0.1, 0.15) is 13.3 Å². The molecule has 0 radical (unpaired) electrons. The molecular weight excluding hydrogens is 228 g/mol. The van der Waals surface area contributed by atoms with Gasteiger partial charge in [-0.1, -0.05) is 31.7 Å². The Bertz CT molecular complexity index is 488. The lowest BCUT2D eigenvalue weighted by atomic mass is 10.2. The number of hydrogen-bond donors (Lipinski definition) is 0. The van der Waals surface area contributed by atoms with Gasteiger partial charge in [-0.3, -0.25) is 0 Å². The zero-order valence-electron chi connectivity index (χ0n) is 8.84. The molecule has 1 aromatic carbocycles. The Labute approximate surface area is 94.7 Å². The van der Waals surface area contributed by atoms with Crippen molar-refractivity contribution in [1.29, 1.82) is 0 Å². The maximum atomic E-state index is 11.6. The van der Waals surface area contributed by atoms with Crippen LogP contribution in [-0.4, -0.2) is 14.4 Å². The van der Waals surface area contributed by atoms with E-state index in [4.69, 9.17) is 0 Å². The van der Waals surface area contributed by atoms with Crippen molar-refractivity contribution in [3.8, 4) is 0 Å². The fourth-order valence-corrected chi connectivity index (χ4v) is 1.84. The highest BCUT2D eigenvalue weighted by Gasteiger charge is 2.20. The van der Waals surface area contributed by atoms with Crippen LogP contribution in [0.5, 0.6) is 0 Å². The van der Waals surface area contributed by atoms with Crippen LogP contribution in [0.25, 0.3) is 0 Å². The van der Waals surface area contributed by atoms with Gasteiger partial charge in [0.15, 0.2) is 0 Å². The minimum Gasteiger partial charge on any atom is -0.338 e. The molecule has 0 saturated heterocycles. The number of benzene rings is 1. The van der Waals surface area contributed by atoms with Crippen LogP contribution in [-0.2, 0) is 19.1 Å². The quantitative estimate of drug-likeness (QED) is 0.595. The highest BCUT2D eigenvalue weighted by Crippen LogP contribution is 2.13. The maximum Gasteiger partial charge on any atom is 0.349 e. The van der Waals surface area contributed by atoms with Crippen LogP contribution in [0, 0.1) is 0 Å². The molecule has 0 fully saturated rings. The van der Waals surface area contributed by atoms with Crippen LogP contribution in [0.4, 0.5) is 0 Å². The summed E-state index contributed by atoms with van der Waals surface area (Å²) >= 11 is 0. The summed E-state index contributed by atoms with van der Waals surface area (Å²) in [4.78, 5) is 11.2. The topological polar surface area (TPSA) is 60.4 Å². The first-order valence-corrected chi connectivity index (χ1v) is 6.10. The third-order valence-corrected chi connectivity index (χ3v) is 3.15. The van der Waals surface area contributed by atoms with Gasteiger partial charge in [0.1, 0.15) is 4.90 Å². The van der Waals surface area contributed by atoms with E-state index in [0.717, 1.165) is 0 Å². The molecule has 1 rings (SSSR count). The molecule has 0 aliphatic heterocycles. The second kappa shape index (κ2) is 4.94. The fourth-order valence-electron chi connectivity index (χ4n) is 0.938. The Hall–Kier alpha value is -1.62. The summed E-state index contributed by atoms with van der Waals surface area (Å²) in [6.45, 7) is 5.11. The third kappa shape index (κ3) is 2.93. The van der Waals surface area contributed by atoms with Gasteiger partial charge in [0.25, 0.3) is 0 Å². The molecule has 0 atom stereocenters. The van der Waals surface area contributed by atoms with Gasteiger partial charge in [0.05, 0.1) is 0 Å². The van der Waals surface area contributed by atoms with E-state index in [2.05, 4.69) is 10.8 Å². The number of rotatable bonds is 4. The van der Waals surface area contributed by atoms with Gasteiger partial charge in [-0.05, 0) is 18.6 Å². The molecule has 0 aliphatic rings. The summed E-state index contributed by atoms with van der Waals surface area (Å²) in [5, 5.41) is 0. The molecule has 86 valence electrons. The number of carbonyl (C=O) groups excluding carboxylic acids is 1. The summed E-state index contributed by atoms with van der Waals surface area (Å²) in [5.74, 6) is -0.911. The average molecular weight is 240 g/mol. The minimum atomic E-state index is -4.02. The SMILES string of the molecule is C=C(CC)C(=O)OS(=O)(=O)c1ccccc1. The van der Waals surface area contributed by atoms with E-state index in [0.29, 0.717) is 6.42 Å². The first-order chi connectivity index (χ1) is 7.47. The summed E-state index contributed by atoms with van der Waals surface area (Å²) in [7, 11) is -4.02. The van der Waals surface area contributed by atoms with Crippen molar-refractivity contribution in [2.45, 2.75) is 18.2 Å². The van der Waals surface area contributed by atoms with Crippen LogP contribution in [0.2, 0.25) is 0 Å². The predicted octanol–water partition coefficient (Wildman–Crippen LogP) is 1.88. The Morgan fingerprint density at radius 1 is 1.31 bits per heavy atom. The van der Waals surface area contributed by atoms with Crippen molar-refractivity contribution in [1.82, 2.24) is 0 Å². The molecule has 0 unspecified atom stereocenters. The van der Waals surface area contributed by atoms with Gasteiger partial charge < -0.3 is 4.18 Å². The summed E-state index contributed by atoms with van der Waals surface area (Å²) in [6.07, 6.45) is 0.350. The highest BCUT2D eigenvalue weighted by molar-refractivity contribution is 7.87. The van der Waals surface area contributed by atoms with Gasteiger partial charge in [0, 0.05) is 5.57 Å². The molecule has 0 spiro atoms. The van der Waals surface area contributed by atoms with Gasteiger partial charge in [-0.25, -0.2) is 4.79 Å². The second-order valence-corrected chi connectivity index (χ2v) is 4.64. The lowest BCUT2D eigenvalue weighted by Crippen LogP contribution is -2.14. The standard InChI is InChI=1S/C11H12O4S/c1-3-9(2)11(12)15-16(13,14)10-7-5-4-6-8-10/h4-8H,2-3H2,1H3. The Morgan fingerprint density at radius 3 is 2.38 bits per heavy atom. The Morgan fingerprint density at radius 2 is 1.88 bits per heavy atom. The van der Waals surface area contributed by atoms with E-state index in [1.165, 1.54) is 12.1 Å². The average Bonchev–Trinajstić information content (AvgIpc) is 2.28. The summed E-state index contributed by atoms with van der Waals surface area (Å²) < 4.78 is 27.6. The monoisotopic (exact) mass is 240 g/mol. The van der Waals surface area contributed by atoms with E-state index in [1.807, 2.05) is 0 Å². The normalized spacial score (nSPS) is 10.8. The largest absolute Gasteiger partial charge is 0.349 e. The molecule has 0 N–H and O–H groups in total. The molecule has 0 saturated carbocycles. The van der Waals surface area contributed by atoms with Crippen LogP contribution >= 0.6 is 0 Å². The molecule has 4 nitrogen and oxygen atoms in total. The maximum absolute atomic E-state index is 11.6. The molecule has 0 bridgehead atoms. The third-order valence-electron chi connectivity index (χ3n) is 1.93. The lowest BCUT2D eigenvalue weighted by Gasteiger charge is -2.05. The smallest absolute Gasteiger partial charge is 0.338 e. The van der Waals surface area contributed by atoms with E-state index < -0.39 is 16.1 Å². The molecule has 16 heavy (non-hydrogen) atoms. The van der Waals surface area contributed by atoms with Crippen LogP contribution in [0.15, 0.2) is 47.4 Å². The first kappa shape index (κ1) is 12.4. The molecule has 0 aromatic heterocycles. The number of carbonyl (C=O) groups is 1. The summed E-state index contributed by atoms with van der Waals surface area (Å²) in [6, 6.07) is 7.49. The van der Waals surface area contributed by atoms with Crippen LogP contribution in [0.3, 0.4) is 0 Å². The van der Waals surface area contributed by atoms with Gasteiger partial charge >= 0.3 is 16.1 Å². The fraction of sp³-hybridized carbons (Fsp3) is 0.182. The zero-order chi connectivity index (χ0) is 12.2. The van der Waals surface area contributed by atoms with E-state index in [-0.39, 0.29) is 10.5 Å². The van der Waals surface area contributed by atoms with Crippen molar-refractivity contribution in [3.05, 3.63) is 42.5 Å². The van der Waals surface area contributed by atoms with E-state index >= 15 is 0 Å². The van der Waals surface area contributed by atoms with Gasteiger partial charge in [-0.15, -0.1) is 0 Å². The summed E-state index contributed by atoms with van der Waals surface area (Å²) in [5.41, 5.74) is 0.125. The van der Waals surface area contributed by atoms with E-state index in [1.54, 1.807) is 25.1 Å². The van der Waals surface area contributed by atoms with Gasteiger partial charge in [0.2, 0.25) is 0 Å². The second-order valence-electron chi connectivity index (χ2n) is 3.10. The van der Waals surface area contributed by atoms with Crippen molar-refractivity contribution < 1.29 is 17.4 Å². The van der Waals surface area contributed by atoms with Crippen molar-refractivity contribution >= 4 is 16.1 Å².